The van der Waals surface area contributed by atoms with Gasteiger partial charge in [0.05, 0.1) is 24.2 Å². The molecule has 2 aromatic carbocycles. The minimum absolute atomic E-state index is 0.327. The molecule has 0 N–H and O–H groups in total. The van der Waals surface area contributed by atoms with Crippen LogP contribution in [0.25, 0.3) is 16.4 Å². The average molecular weight is 420 g/mol. The van der Waals surface area contributed by atoms with Gasteiger partial charge in [0, 0.05) is 10.9 Å². The van der Waals surface area contributed by atoms with Crippen LogP contribution in [-0.2, 0) is 11.3 Å². The topological polar surface area (TPSA) is 66.2 Å². The van der Waals surface area contributed by atoms with Crippen molar-refractivity contribution < 1.29 is 14.3 Å². The van der Waals surface area contributed by atoms with Crippen LogP contribution in [0.3, 0.4) is 0 Å². The number of thiazole rings is 1. The van der Waals surface area contributed by atoms with E-state index >= 15 is 0 Å². The molecule has 0 saturated carbocycles. The molecule has 0 spiro atoms. The van der Waals surface area contributed by atoms with Crippen molar-refractivity contribution >= 4 is 17.3 Å². The van der Waals surface area contributed by atoms with Crippen molar-refractivity contribution in [2.75, 3.05) is 6.61 Å². The van der Waals surface area contributed by atoms with Crippen molar-refractivity contribution in [1.82, 2.24) is 14.8 Å². The van der Waals surface area contributed by atoms with E-state index in [1.807, 2.05) is 66.9 Å². The van der Waals surface area contributed by atoms with Crippen LogP contribution in [0, 0.1) is 6.92 Å². The first kappa shape index (κ1) is 19.8. The van der Waals surface area contributed by atoms with Crippen LogP contribution in [-0.4, -0.2) is 27.3 Å². The van der Waals surface area contributed by atoms with Gasteiger partial charge in [0.1, 0.15) is 17.9 Å². The fourth-order valence-electron chi connectivity index (χ4n) is 2.99. The molecular weight excluding hydrogens is 398 g/mol. The Morgan fingerprint density at radius 1 is 1.13 bits per heavy atom. The predicted octanol–water partition coefficient (Wildman–Crippen LogP) is 5.06. The maximum atomic E-state index is 12.0. The summed E-state index contributed by atoms with van der Waals surface area (Å²) >= 11 is 1.46. The van der Waals surface area contributed by atoms with E-state index < -0.39 is 0 Å². The molecule has 0 unspecified atom stereocenters. The van der Waals surface area contributed by atoms with Gasteiger partial charge in [-0.25, -0.2) is 14.5 Å². The van der Waals surface area contributed by atoms with Gasteiger partial charge in [-0.2, -0.15) is 5.10 Å². The van der Waals surface area contributed by atoms with E-state index in [-0.39, 0.29) is 5.97 Å². The summed E-state index contributed by atoms with van der Waals surface area (Å²) in [5.74, 6) is 0.409. The third-order valence-corrected chi connectivity index (χ3v) is 5.37. The van der Waals surface area contributed by atoms with Gasteiger partial charge < -0.3 is 9.47 Å². The molecule has 0 bridgehead atoms. The summed E-state index contributed by atoms with van der Waals surface area (Å²) in [6.07, 6.45) is 1.52. The van der Waals surface area contributed by atoms with Crippen molar-refractivity contribution in [3.8, 4) is 22.1 Å². The van der Waals surface area contributed by atoms with Gasteiger partial charge in [-0.15, -0.1) is 11.3 Å². The summed E-state index contributed by atoms with van der Waals surface area (Å²) in [6.45, 7) is 4.45. The molecule has 0 amide bonds. The van der Waals surface area contributed by atoms with Crippen molar-refractivity contribution in [2.45, 2.75) is 20.5 Å². The number of carbonyl (C=O) groups excluding carboxylic acids is 1. The third-order valence-electron chi connectivity index (χ3n) is 4.56. The lowest BCUT2D eigenvalue weighted by molar-refractivity contribution is 0.0525. The third kappa shape index (κ3) is 4.26. The highest BCUT2D eigenvalue weighted by Gasteiger charge is 2.18. The van der Waals surface area contributed by atoms with Gasteiger partial charge in [-0.3, -0.25) is 0 Å². The van der Waals surface area contributed by atoms with Crippen molar-refractivity contribution in [1.29, 1.82) is 0 Å². The molecule has 7 heteroatoms. The van der Waals surface area contributed by atoms with Crippen molar-refractivity contribution in [3.05, 3.63) is 83.0 Å². The summed E-state index contributed by atoms with van der Waals surface area (Å²) in [6, 6.07) is 17.9. The number of hydrogen-bond acceptors (Lipinski definition) is 6. The van der Waals surface area contributed by atoms with E-state index in [0.717, 1.165) is 22.6 Å². The van der Waals surface area contributed by atoms with Gasteiger partial charge >= 0.3 is 5.97 Å². The summed E-state index contributed by atoms with van der Waals surface area (Å²) in [4.78, 5) is 16.7. The zero-order valence-corrected chi connectivity index (χ0v) is 17.6. The van der Waals surface area contributed by atoms with Crippen LogP contribution in [0.5, 0.6) is 5.75 Å². The molecule has 0 aliphatic carbocycles. The first-order chi connectivity index (χ1) is 14.7. The molecule has 0 fully saturated rings. The second kappa shape index (κ2) is 8.92. The van der Waals surface area contributed by atoms with Gasteiger partial charge in [0.25, 0.3) is 0 Å². The van der Waals surface area contributed by atoms with Crippen molar-refractivity contribution in [3.63, 3.8) is 0 Å². The molecule has 0 atom stereocenters. The lowest BCUT2D eigenvalue weighted by atomic mass is 10.1. The SMILES string of the molecule is CCOC(=O)c1cnn(-c2nc(-c3cccc(OCc4ccccc4)c3)cs2)c1C. The van der Waals surface area contributed by atoms with E-state index in [1.165, 1.54) is 17.5 Å². The number of aromatic nitrogens is 3. The Bertz CT molecular complexity index is 1150. The summed E-state index contributed by atoms with van der Waals surface area (Å²) < 4.78 is 12.7. The fraction of sp³-hybridized carbons (Fsp3) is 0.174. The standard InChI is InChI=1S/C23H21N3O3S/c1-3-28-22(27)20-13-24-26(16(20)2)23-25-21(15-30-23)18-10-7-11-19(12-18)29-14-17-8-5-4-6-9-17/h4-13,15H,3,14H2,1-2H3. The van der Waals surface area contributed by atoms with E-state index in [2.05, 4.69) is 5.10 Å². The highest BCUT2D eigenvalue weighted by molar-refractivity contribution is 7.12. The van der Waals surface area contributed by atoms with Crippen LogP contribution < -0.4 is 4.74 Å². The fourth-order valence-corrected chi connectivity index (χ4v) is 3.83. The Morgan fingerprint density at radius 3 is 2.77 bits per heavy atom. The lowest BCUT2D eigenvalue weighted by Gasteiger charge is -2.07. The maximum Gasteiger partial charge on any atom is 0.341 e. The summed E-state index contributed by atoms with van der Waals surface area (Å²) in [7, 11) is 0. The molecule has 30 heavy (non-hydrogen) atoms. The highest BCUT2D eigenvalue weighted by atomic mass is 32.1. The van der Waals surface area contributed by atoms with Crippen molar-refractivity contribution in [2.24, 2.45) is 0 Å². The Balaban J connectivity index is 1.52. The molecule has 6 nitrogen and oxygen atoms in total. The number of carbonyl (C=O) groups is 1. The smallest absolute Gasteiger partial charge is 0.341 e. The van der Waals surface area contributed by atoms with Gasteiger partial charge in [0.2, 0.25) is 5.13 Å². The molecule has 152 valence electrons. The van der Waals surface area contributed by atoms with Crippen LogP contribution >= 0.6 is 11.3 Å². The Hall–Kier alpha value is -3.45. The molecule has 0 radical (unpaired) electrons. The minimum atomic E-state index is -0.374. The molecule has 4 aromatic rings. The maximum absolute atomic E-state index is 12.0. The molecule has 4 rings (SSSR count). The monoisotopic (exact) mass is 419 g/mol. The van der Waals surface area contributed by atoms with Crippen LogP contribution in [0.4, 0.5) is 0 Å². The second-order valence-corrected chi connectivity index (χ2v) is 7.43. The zero-order chi connectivity index (χ0) is 20.9. The number of ether oxygens (including phenoxy) is 2. The summed E-state index contributed by atoms with van der Waals surface area (Å²) in [5, 5.41) is 6.97. The average Bonchev–Trinajstić information content (AvgIpc) is 3.40. The lowest BCUT2D eigenvalue weighted by Crippen LogP contribution is -2.06. The number of hydrogen-bond donors (Lipinski definition) is 0. The first-order valence-electron chi connectivity index (χ1n) is 9.60. The second-order valence-electron chi connectivity index (χ2n) is 6.59. The Kier molecular flexibility index (Phi) is 5.90. The number of nitrogens with zero attached hydrogens (tertiary/aromatic N) is 3. The molecule has 0 saturated heterocycles. The van der Waals surface area contributed by atoms with Gasteiger partial charge in [0.15, 0.2) is 0 Å². The molecular formula is C23H21N3O3S. The quantitative estimate of drug-likeness (QED) is 0.392. The Morgan fingerprint density at radius 2 is 1.97 bits per heavy atom. The van der Waals surface area contributed by atoms with Crippen LogP contribution in [0.1, 0.15) is 28.5 Å². The molecule has 0 aliphatic rings. The molecule has 0 aliphatic heterocycles. The van der Waals surface area contributed by atoms with E-state index in [9.17, 15) is 4.79 Å². The molecule has 2 aromatic heterocycles. The van der Waals surface area contributed by atoms with E-state index in [0.29, 0.717) is 29.6 Å². The minimum Gasteiger partial charge on any atom is -0.489 e. The Labute approximate surface area is 178 Å². The summed E-state index contributed by atoms with van der Waals surface area (Å²) in [5.41, 5.74) is 4.05. The van der Waals surface area contributed by atoms with E-state index in [4.69, 9.17) is 14.5 Å². The van der Waals surface area contributed by atoms with Crippen LogP contribution in [0.15, 0.2) is 66.2 Å². The largest absolute Gasteiger partial charge is 0.489 e. The normalized spacial score (nSPS) is 10.7. The first-order valence-corrected chi connectivity index (χ1v) is 10.5. The van der Waals surface area contributed by atoms with Gasteiger partial charge in [-0.1, -0.05) is 42.5 Å². The number of rotatable bonds is 7. The number of benzene rings is 2. The predicted molar refractivity (Wildman–Crippen MR) is 116 cm³/mol. The molecule has 2 heterocycles. The van der Waals surface area contributed by atoms with Crippen LogP contribution in [0.2, 0.25) is 0 Å². The zero-order valence-electron chi connectivity index (χ0n) is 16.7. The van der Waals surface area contributed by atoms with Gasteiger partial charge in [-0.05, 0) is 31.5 Å². The number of esters is 1. The van der Waals surface area contributed by atoms with E-state index in [1.54, 1.807) is 11.6 Å². The highest BCUT2D eigenvalue weighted by Crippen LogP contribution is 2.28.